The molecule has 0 aliphatic heterocycles. The third-order valence-electron chi connectivity index (χ3n) is 1.62. The van der Waals surface area contributed by atoms with Gasteiger partial charge in [0, 0.05) is 11.6 Å². The van der Waals surface area contributed by atoms with E-state index in [2.05, 4.69) is 11.8 Å². The van der Waals surface area contributed by atoms with E-state index in [9.17, 15) is 0 Å². The second-order valence-corrected chi connectivity index (χ2v) is 2.48. The minimum absolute atomic E-state index is 0.761. The zero-order valence-corrected chi connectivity index (χ0v) is 8.05. The first kappa shape index (κ1) is 9.47. The van der Waals surface area contributed by atoms with Gasteiger partial charge < -0.3 is 9.47 Å². The molecule has 0 aliphatic rings. The van der Waals surface area contributed by atoms with Gasteiger partial charge in [-0.25, -0.2) is 0 Å². The Morgan fingerprint density at radius 1 is 1.00 bits per heavy atom. The van der Waals surface area contributed by atoms with Crippen molar-refractivity contribution in [2.45, 2.75) is 6.92 Å². The Morgan fingerprint density at radius 3 is 1.92 bits per heavy atom. The number of ether oxygens (including phenoxy) is 2. The Balaban J connectivity index is 3.12. The highest BCUT2D eigenvalue weighted by Gasteiger charge is 1.98. The first-order valence-electron chi connectivity index (χ1n) is 3.96. The average Bonchev–Trinajstić information content (AvgIpc) is 2.17. The van der Waals surface area contributed by atoms with Crippen LogP contribution >= 0.6 is 0 Å². The minimum Gasteiger partial charge on any atom is -0.497 e. The zero-order valence-electron chi connectivity index (χ0n) is 8.05. The number of hydrogen-bond donors (Lipinski definition) is 0. The van der Waals surface area contributed by atoms with Crippen LogP contribution in [-0.4, -0.2) is 14.2 Å². The molecule has 0 unspecified atom stereocenters. The predicted octanol–water partition coefficient (Wildman–Crippen LogP) is 2.08. The Kier molecular flexibility index (Phi) is 3.22. The van der Waals surface area contributed by atoms with Crippen molar-refractivity contribution in [1.29, 1.82) is 0 Å². The first-order valence-corrected chi connectivity index (χ1v) is 3.96. The summed E-state index contributed by atoms with van der Waals surface area (Å²) in [5.74, 6) is 7.29. The third-order valence-corrected chi connectivity index (χ3v) is 1.62. The standard InChI is InChI=1S/C11H12O2/c1-4-5-9-6-10(12-2)8-11(7-9)13-3/h6-8H,1-3H3. The molecule has 0 aliphatic carbocycles. The predicted molar refractivity (Wildman–Crippen MR) is 52.1 cm³/mol. The maximum absolute atomic E-state index is 5.10. The summed E-state index contributed by atoms with van der Waals surface area (Å²) in [6.45, 7) is 1.80. The van der Waals surface area contributed by atoms with E-state index in [1.165, 1.54) is 0 Å². The molecular formula is C11H12O2. The van der Waals surface area contributed by atoms with Crippen LogP contribution in [0.4, 0.5) is 0 Å². The molecule has 0 amide bonds. The van der Waals surface area contributed by atoms with E-state index in [1.807, 2.05) is 18.2 Å². The highest BCUT2D eigenvalue weighted by atomic mass is 16.5. The van der Waals surface area contributed by atoms with E-state index < -0.39 is 0 Å². The molecule has 0 aromatic heterocycles. The van der Waals surface area contributed by atoms with Gasteiger partial charge in [-0.15, -0.1) is 5.92 Å². The van der Waals surface area contributed by atoms with Gasteiger partial charge in [0.2, 0.25) is 0 Å². The van der Waals surface area contributed by atoms with Crippen LogP contribution in [0.3, 0.4) is 0 Å². The van der Waals surface area contributed by atoms with Gasteiger partial charge in [0.1, 0.15) is 11.5 Å². The van der Waals surface area contributed by atoms with Gasteiger partial charge in [-0.1, -0.05) is 5.92 Å². The fraction of sp³-hybridized carbons (Fsp3) is 0.273. The second kappa shape index (κ2) is 4.42. The molecule has 0 heterocycles. The van der Waals surface area contributed by atoms with Gasteiger partial charge in [0.05, 0.1) is 14.2 Å². The van der Waals surface area contributed by atoms with Crippen molar-refractivity contribution < 1.29 is 9.47 Å². The van der Waals surface area contributed by atoms with Gasteiger partial charge >= 0.3 is 0 Å². The molecule has 0 radical (unpaired) electrons. The quantitative estimate of drug-likeness (QED) is 0.642. The number of rotatable bonds is 2. The molecule has 2 nitrogen and oxygen atoms in total. The molecule has 0 bridgehead atoms. The van der Waals surface area contributed by atoms with Crippen LogP contribution in [0.1, 0.15) is 12.5 Å². The largest absolute Gasteiger partial charge is 0.497 e. The zero-order chi connectivity index (χ0) is 9.68. The molecule has 1 aromatic rings. The summed E-state index contributed by atoms with van der Waals surface area (Å²) < 4.78 is 10.2. The van der Waals surface area contributed by atoms with Crippen LogP contribution in [0, 0.1) is 11.8 Å². The van der Waals surface area contributed by atoms with E-state index in [1.54, 1.807) is 21.1 Å². The number of benzene rings is 1. The average molecular weight is 176 g/mol. The van der Waals surface area contributed by atoms with Crippen molar-refractivity contribution in [3.05, 3.63) is 23.8 Å². The summed E-state index contributed by atoms with van der Waals surface area (Å²) in [7, 11) is 3.25. The van der Waals surface area contributed by atoms with Crippen LogP contribution in [0.5, 0.6) is 11.5 Å². The molecule has 0 fully saturated rings. The normalized spacial score (nSPS) is 8.54. The van der Waals surface area contributed by atoms with Crippen LogP contribution in [0.2, 0.25) is 0 Å². The van der Waals surface area contributed by atoms with Crippen molar-refractivity contribution in [3.63, 3.8) is 0 Å². The van der Waals surface area contributed by atoms with Gasteiger partial charge in [-0.05, 0) is 19.1 Å². The van der Waals surface area contributed by atoms with E-state index >= 15 is 0 Å². The van der Waals surface area contributed by atoms with Crippen LogP contribution < -0.4 is 9.47 Å². The molecule has 0 N–H and O–H groups in total. The molecule has 0 saturated carbocycles. The third kappa shape index (κ3) is 2.41. The summed E-state index contributed by atoms with van der Waals surface area (Å²) in [5.41, 5.74) is 0.902. The maximum Gasteiger partial charge on any atom is 0.123 e. The molecule has 1 aromatic carbocycles. The summed E-state index contributed by atoms with van der Waals surface area (Å²) in [5, 5.41) is 0. The second-order valence-electron chi connectivity index (χ2n) is 2.48. The molecule has 68 valence electrons. The van der Waals surface area contributed by atoms with Crippen LogP contribution in [0.25, 0.3) is 0 Å². The summed E-state index contributed by atoms with van der Waals surface area (Å²) in [4.78, 5) is 0. The topological polar surface area (TPSA) is 18.5 Å². The van der Waals surface area contributed by atoms with Gasteiger partial charge in [0.25, 0.3) is 0 Å². The Bertz CT molecular complexity index is 323. The first-order chi connectivity index (χ1) is 6.30. The lowest BCUT2D eigenvalue weighted by molar-refractivity contribution is 0.394. The Hall–Kier alpha value is -1.62. The van der Waals surface area contributed by atoms with Crippen molar-refractivity contribution >= 4 is 0 Å². The smallest absolute Gasteiger partial charge is 0.123 e. The van der Waals surface area contributed by atoms with Crippen molar-refractivity contribution in [2.75, 3.05) is 14.2 Å². The number of hydrogen-bond acceptors (Lipinski definition) is 2. The van der Waals surface area contributed by atoms with Gasteiger partial charge in [-0.2, -0.15) is 0 Å². The van der Waals surface area contributed by atoms with E-state index in [4.69, 9.17) is 9.47 Å². The monoisotopic (exact) mass is 176 g/mol. The van der Waals surface area contributed by atoms with Crippen LogP contribution in [0.15, 0.2) is 18.2 Å². The maximum atomic E-state index is 5.10. The fourth-order valence-electron chi connectivity index (χ4n) is 1.02. The molecule has 0 atom stereocenters. The highest BCUT2D eigenvalue weighted by molar-refractivity contribution is 5.45. The van der Waals surface area contributed by atoms with Crippen molar-refractivity contribution in [3.8, 4) is 23.3 Å². The lowest BCUT2D eigenvalue weighted by atomic mass is 10.2. The van der Waals surface area contributed by atoms with Crippen molar-refractivity contribution in [2.24, 2.45) is 0 Å². The van der Waals surface area contributed by atoms with E-state index in [0.29, 0.717) is 0 Å². The summed E-state index contributed by atoms with van der Waals surface area (Å²) >= 11 is 0. The lowest BCUT2D eigenvalue weighted by Gasteiger charge is -2.04. The molecule has 0 saturated heterocycles. The highest BCUT2D eigenvalue weighted by Crippen LogP contribution is 2.21. The molecular weight excluding hydrogens is 164 g/mol. The molecule has 1 rings (SSSR count). The Morgan fingerprint density at radius 2 is 1.54 bits per heavy atom. The van der Waals surface area contributed by atoms with Gasteiger partial charge in [-0.3, -0.25) is 0 Å². The lowest BCUT2D eigenvalue weighted by Crippen LogP contribution is -1.88. The summed E-state index contributed by atoms with van der Waals surface area (Å²) in [6.07, 6.45) is 0. The SMILES string of the molecule is CC#Cc1cc(OC)cc(OC)c1. The van der Waals surface area contributed by atoms with E-state index in [0.717, 1.165) is 17.1 Å². The Labute approximate surface area is 78.5 Å². The van der Waals surface area contributed by atoms with Crippen LogP contribution in [-0.2, 0) is 0 Å². The molecule has 13 heavy (non-hydrogen) atoms. The molecule has 0 spiro atoms. The van der Waals surface area contributed by atoms with Gasteiger partial charge in [0.15, 0.2) is 0 Å². The fourth-order valence-corrected chi connectivity index (χ4v) is 1.02. The summed E-state index contributed by atoms with van der Waals surface area (Å²) in [6, 6.07) is 5.57. The van der Waals surface area contributed by atoms with Crippen molar-refractivity contribution in [1.82, 2.24) is 0 Å². The van der Waals surface area contributed by atoms with E-state index in [-0.39, 0.29) is 0 Å². The number of methoxy groups -OCH3 is 2. The minimum atomic E-state index is 0.761. The molecule has 2 heteroatoms.